The van der Waals surface area contributed by atoms with Gasteiger partial charge in [0.1, 0.15) is 0 Å². The summed E-state index contributed by atoms with van der Waals surface area (Å²) in [7, 11) is 0. The fraction of sp³-hybridized carbons (Fsp3) is 0.533. The van der Waals surface area contributed by atoms with Crippen molar-refractivity contribution in [1.82, 2.24) is 9.80 Å². The molecule has 1 aromatic rings. The molecule has 1 heterocycles. The van der Waals surface area contributed by atoms with Gasteiger partial charge in [0.25, 0.3) is 5.91 Å². The first-order valence-electron chi connectivity index (χ1n) is 6.93. The zero-order chi connectivity index (χ0) is 14.5. The molecule has 0 spiro atoms. The van der Waals surface area contributed by atoms with E-state index in [0.29, 0.717) is 6.54 Å². The first-order valence-corrected chi connectivity index (χ1v) is 8.15. The Kier molecular flexibility index (Phi) is 5.46. The normalized spacial score (nSPS) is 16.4. The number of aliphatic hydroxyl groups is 1. The summed E-state index contributed by atoms with van der Waals surface area (Å²) in [6, 6.07) is 6.06. The van der Waals surface area contributed by atoms with Crippen LogP contribution in [0.2, 0.25) is 0 Å². The predicted molar refractivity (Wildman–Crippen MR) is 82.4 cm³/mol. The SMILES string of the molecule is CSc1ccc(C)c(C(=O)N2CCN(CCO)CC2)c1. The van der Waals surface area contributed by atoms with Crippen LogP contribution in [-0.2, 0) is 0 Å². The molecule has 0 radical (unpaired) electrons. The summed E-state index contributed by atoms with van der Waals surface area (Å²) in [5.74, 6) is 0.127. The van der Waals surface area contributed by atoms with Gasteiger partial charge in [0.15, 0.2) is 0 Å². The summed E-state index contributed by atoms with van der Waals surface area (Å²) in [5, 5.41) is 8.94. The lowest BCUT2D eigenvalue weighted by atomic mass is 10.1. The monoisotopic (exact) mass is 294 g/mol. The first kappa shape index (κ1) is 15.4. The number of thioether (sulfide) groups is 1. The summed E-state index contributed by atoms with van der Waals surface area (Å²) in [4.78, 5) is 17.8. The van der Waals surface area contributed by atoms with Gasteiger partial charge >= 0.3 is 0 Å². The minimum absolute atomic E-state index is 0.127. The van der Waals surface area contributed by atoms with E-state index in [1.54, 1.807) is 11.8 Å². The molecule has 4 nitrogen and oxygen atoms in total. The Morgan fingerprint density at radius 3 is 2.60 bits per heavy atom. The van der Waals surface area contributed by atoms with Crippen molar-refractivity contribution >= 4 is 17.7 Å². The maximum atomic E-state index is 12.6. The number of piperazine rings is 1. The number of hydrogen-bond acceptors (Lipinski definition) is 4. The molecule has 1 aliphatic rings. The van der Waals surface area contributed by atoms with Gasteiger partial charge in [0.05, 0.1) is 6.61 Å². The molecule has 0 bridgehead atoms. The molecule has 0 unspecified atom stereocenters. The topological polar surface area (TPSA) is 43.8 Å². The molecule has 1 amide bonds. The smallest absolute Gasteiger partial charge is 0.254 e. The van der Waals surface area contributed by atoms with Crippen LogP contribution < -0.4 is 0 Å². The van der Waals surface area contributed by atoms with Crippen molar-refractivity contribution in [2.45, 2.75) is 11.8 Å². The van der Waals surface area contributed by atoms with E-state index in [2.05, 4.69) is 11.0 Å². The molecule has 1 saturated heterocycles. The highest BCUT2D eigenvalue weighted by atomic mass is 32.2. The molecule has 0 atom stereocenters. The lowest BCUT2D eigenvalue weighted by molar-refractivity contribution is 0.0614. The van der Waals surface area contributed by atoms with Crippen molar-refractivity contribution in [3.8, 4) is 0 Å². The van der Waals surface area contributed by atoms with Gasteiger partial charge in [0, 0.05) is 43.2 Å². The predicted octanol–water partition coefficient (Wildman–Crippen LogP) is 1.47. The van der Waals surface area contributed by atoms with E-state index in [1.807, 2.05) is 30.2 Å². The van der Waals surface area contributed by atoms with Crippen molar-refractivity contribution in [3.05, 3.63) is 29.3 Å². The second-order valence-electron chi connectivity index (χ2n) is 5.04. The van der Waals surface area contributed by atoms with Gasteiger partial charge in [0.2, 0.25) is 0 Å². The number of nitrogens with zero attached hydrogens (tertiary/aromatic N) is 2. The fourth-order valence-corrected chi connectivity index (χ4v) is 2.88. The molecule has 1 N–H and O–H groups in total. The summed E-state index contributed by atoms with van der Waals surface area (Å²) in [6.07, 6.45) is 2.02. The lowest BCUT2D eigenvalue weighted by Gasteiger charge is -2.34. The van der Waals surface area contributed by atoms with E-state index in [1.165, 1.54) is 0 Å². The number of carbonyl (C=O) groups is 1. The molecule has 1 fully saturated rings. The molecule has 5 heteroatoms. The van der Waals surface area contributed by atoms with Crippen molar-refractivity contribution in [1.29, 1.82) is 0 Å². The van der Waals surface area contributed by atoms with Gasteiger partial charge in [-0.2, -0.15) is 0 Å². The molecule has 20 heavy (non-hydrogen) atoms. The first-order chi connectivity index (χ1) is 9.65. The number of aliphatic hydroxyl groups excluding tert-OH is 1. The van der Waals surface area contributed by atoms with Gasteiger partial charge in [-0.15, -0.1) is 11.8 Å². The molecule has 110 valence electrons. The van der Waals surface area contributed by atoms with Crippen molar-refractivity contribution in [3.63, 3.8) is 0 Å². The number of rotatable bonds is 4. The molecule has 0 saturated carbocycles. The third-order valence-electron chi connectivity index (χ3n) is 3.75. The highest BCUT2D eigenvalue weighted by Gasteiger charge is 2.22. The largest absolute Gasteiger partial charge is 0.395 e. The Labute approximate surface area is 124 Å². The lowest BCUT2D eigenvalue weighted by Crippen LogP contribution is -2.49. The highest BCUT2D eigenvalue weighted by Crippen LogP contribution is 2.20. The maximum Gasteiger partial charge on any atom is 0.254 e. The van der Waals surface area contributed by atoms with Gasteiger partial charge in [-0.25, -0.2) is 0 Å². The standard InChI is InChI=1S/C15H22N2O2S/c1-12-3-4-13(20-2)11-14(12)15(19)17-7-5-16(6-8-17)9-10-18/h3-4,11,18H,5-10H2,1-2H3. The second-order valence-corrected chi connectivity index (χ2v) is 5.92. The molecular formula is C15H22N2O2S. The van der Waals surface area contributed by atoms with Crippen molar-refractivity contribution < 1.29 is 9.90 Å². The van der Waals surface area contributed by atoms with E-state index >= 15 is 0 Å². The number of hydrogen-bond donors (Lipinski definition) is 1. The zero-order valence-corrected chi connectivity index (χ0v) is 12.9. The third-order valence-corrected chi connectivity index (χ3v) is 4.48. The Hall–Kier alpha value is -1.04. The van der Waals surface area contributed by atoms with E-state index in [-0.39, 0.29) is 12.5 Å². The Morgan fingerprint density at radius 2 is 2.00 bits per heavy atom. The number of β-amino-alcohol motifs (C(OH)–C–C–N with tert-alkyl or cyclic N) is 1. The van der Waals surface area contributed by atoms with Crippen LogP contribution in [0.4, 0.5) is 0 Å². The van der Waals surface area contributed by atoms with Crippen LogP contribution >= 0.6 is 11.8 Å². The quantitative estimate of drug-likeness (QED) is 0.854. The molecule has 0 aromatic heterocycles. The molecule has 1 aliphatic heterocycles. The Morgan fingerprint density at radius 1 is 1.30 bits per heavy atom. The Balaban J connectivity index is 2.05. The van der Waals surface area contributed by atoms with E-state index < -0.39 is 0 Å². The number of amides is 1. The average Bonchev–Trinajstić information content (AvgIpc) is 2.48. The maximum absolute atomic E-state index is 12.6. The van der Waals surface area contributed by atoms with Crippen LogP contribution in [0.25, 0.3) is 0 Å². The molecular weight excluding hydrogens is 272 g/mol. The van der Waals surface area contributed by atoms with Crippen LogP contribution in [0.5, 0.6) is 0 Å². The highest BCUT2D eigenvalue weighted by molar-refractivity contribution is 7.98. The van der Waals surface area contributed by atoms with Crippen molar-refractivity contribution in [2.75, 3.05) is 45.6 Å². The van der Waals surface area contributed by atoms with Gasteiger partial charge in [-0.3, -0.25) is 9.69 Å². The van der Waals surface area contributed by atoms with Gasteiger partial charge in [-0.1, -0.05) is 6.07 Å². The number of aryl methyl sites for hydroxylation is 1. The minimum Gasteiger partial charge on any atom is -0.395 e. The van der Waals surface area contributed by atoms with Crippen LogP contribution in [-0.4, -0.2) is 66.4 Å². The minimum atomic E-state index is 0.127. The van der Waals surface area contributed by atoms with Crippen LogP contribution in [0.3, 0.4) is 0 Å². The summed E-state index contributed by atoms with van der Waals surface area (Å²) < 4.78 is 0. The van der Waals surface area contributed by atoms with Crippen molar-refractivity contribution in [2.24, 2.45) is 0 Å². The van der Waals surface area contributed by atoms with E-state index in [0.717, 1.165) is 42.2 Å². The van der Waals surface area contributed by atoms with Gasteiger partial charge < -0.3 is 10.0 Å². The number of benzene rings is 1. The van der Waals surface area contributed by atoms with Crippen LogP contribution in [0.15, 0.2) is 23.1 Å². The summed E-state index contributed by atoms with van der Waals surface area (Å²) in [6.45, 7) is 6.02. The molecule has 0 aliphatic carbocycles. The Bertz CT molecular complexity index is 471. The zero-order valence-electron chi connectivity index (χ0n) is 12.1. The van der Waals surface area contributed by atoms with E-state index in [9.17, 15) is 4.79 Å². The second kappa shape index (κ2) is 7.11. The van der Waals surface area contributed by atoms with E-state index in [4.69, 9.17) is 5.11 Å². The molecule has 2 rings (SSSR count). The third kappa shape index (κ3) is 3.53. The summed E-state index contributed by atoms with van der Waals surface area (Å²) in [5.41, 5.74) is 1.85. The van der Waals surface area contributed by atoms with Gasteiger partial charge in [-0.05, 0) is 30.9 Å². The van der Waals surface area contributed by atoms with Crippen LogP contribution in [0.1, 0.15) is 15.9 Å². The van der Waals surface area contributed by atoms with Crippen LogP contribution in [0, 0.1) is 6.92 Å². The molecule has 1 aromatic carbocycles. The number of carbonyl (C=O) groups excluding carboxylic acids is 1. The average molecular weight is 294 g/mol. The summed E-state index contributed by atoms with van der Waals surface area (Å²) >= 11 is 1.66. The fourth-order valence-electron chi connectivity index (χ4n) is 2.44.